The van der Waals surface area contributed by atoms with Crippen LogP contribution in [0.15, 0.2) is 42.5 Å². The highest BCUT2D eigenvalue weighted by Gasteiger charge is 2.14. The summed E-state index contributed by atoms with van der Waals surface area (Å²) in [4.78, 5) is 0. The van der Waals surface area contributed by atoms with Gasteiger partial charge in [-0.25, -0.2) is 0 Å². The van der Waals surface area contributed by atoms with Crippen LogP contribution in [0.25, 0.3) is 11.1 Å². The first-order chi connectivity index (χ1) is 13.8. The van der Waals surface area contributed by atoms with Crippen molar-refractivity contribution in [2.75, 3.05) is 0 Å². The maximum Gasteiger partial charge on any atom is 0.123 e. The molecule has 28 heavy (non-hydrogen) atoms. The van der Waals surface area contributed by atoms with E-state index in [1.807, 2.05) is 12.1 Å². The zero-order chi connectivity index (χ0) is 20.0. The van der Waals surface area contributed by atoms with Crippen molar-refractivity contribution in [1.29, 1.82) is 0 Å². The molecule has 2 rings (SSSR count). The highest BCUT2D eigenvalue weighted by atomic mass is 16.3. The Balaban J connectivity index is 2.06. The smallest absolute Gasteiger partial charge is 0.123 e. The summed E-state index contributed by atoms with van der Waals surface area (Å²) >= 11 is 0. The molecule has 0 saturated carbocycles. The molecule has 0 unspecified atom stereocenters. The van der Waals surface area contributed by atoms with E-state index in [2.05, 4.69) is 44.2 Å². The number of benzene rings is 2. The summed E-state index contributed by atoms with van der Waals surface area (Å²) < 4.78 is 0. The summed E-state index contributed by atoms with van der Waals surface area (Å²) in [5.41, 5.74) is 5.03. The van der Waals surface area contributed by atoms with Crippen molar-refractivity contribution in [3.05, 3.63) is 53.6 Å². The Kier molecular flexibility index (Phi) is 10.8. The number of phenolic OH excluding ortho intramolecular Hbond substituents is 1. The van der Waals surface area contributed by atoms with Crippen LogP contribution >= 0.6 is 0 Å². The van der Waals surface area contributed by atoms with E-state index in [1.165, 1.54) is 81.8 Å². The summed E-state index contributed by atoms with van der Waals surface area (Å²) in [5.74, 6) is 0.431. The summed E-state index contributed by atoms with van der Waals surface area (Å²) in [6.07, 6.45) is 16.7. The van der Waals surface area contributed by atoms with Crippen LogP contribution in [0.5, 0.6) is 5.75 Å². The van der Waals surface area contributed by atoms with E-state index in [9.17, 15) is 5.11 Å². The lowest BCUT2D eigenvalue weighted by atomic mass is 9.88. The Morgan fingerprint density at radius 1 is 0.607 bits per heavy atom. The third-order valence-electron chi connectivity index (χ3n) is 5.78. The molecule has 0 heterocycles. The second-order valence-corrected chi connectivity index (χ2v) is 8.15. The van der Waals surface area contributed by atoms with Gasteiger partial charge in [0.2, 0.25) is 0 Å². The fourth-order valence-corrected chi connectivity index (χ4v) is 4.13. The highest BCUT2D eigenvalue weighted by molar-refractivity contribution is 5.75. The molecule has 0 aliphatic rings. The number of aryl methyl sites for hydroxylation is 1. The van der Waals surface area contributed by atoms with Gasteiger partial charge in [-0.2, -0.15) is 0 Å². The number of aromatic hydroxyl groups is 1. The van der Waals surface area contributed by atoms with Crippen molar-refractivity contribution < 1.29 is 5.11 Å². The summed E-state index contributed by atoms with van der Waals surface area (Å²) in [6.45, 7) is 4.53. The maximum atomic E-state index is 10.7. The lowest BCUT2D eigenvalue weighted by Gasteiger charge is -2.17. The normalized spacial score (nSPS) is 11.1. The minimum Gasteiger partial charge on any atom is -0.507 e. The molecule has 2 aromatic rings. The number of hydrogen-bond donors (Lipinski definition) is 1. The summed E-state index contributed by atoms with van der Waals surface area (Å²) in [7, 11) is 0. The van der Waals surface area contributed by atoms with E-state index >= 15 is 0 Å². The van der Waals surface area contributed by atoms with Crippen molar-refractivity contribution in [2.24, 2.45) is 0 Å². The first kappa shape index (κ1) is 22.5. The SMILES string of the molecule is CCCCCCCCCCc1c(CCCCC)ccc(O)c1-c1ccccc1. The Morgan fingerprint density at radius 3 is 1.86 bits per heavy atom. The first-order valence-electron chi connectivity index (χ1n) is 11.7. The molecule has 0 atom stereocenters. The van der Waals surface area contributed by atoms with Crippen LogP contribution in [-0.2, 0) is 12.8 Å². The number of unbranched alkanes of at least 4 members (excludes halogenated alkanes) is 9. The third-order valence-corrected chi connectivity index (χ3v) is 5.78. The molecule has 0 aromatic heterocycles. The molecule has 154 valence electrons. The van der Waals surface area contributed by atoms with E-state index in [4.69, 9.17) is 0 Å². The highest BCUT2D eigenvalue weighted by Crippen LogP contribution is 2.36. The zero-order valence-electron chi connectivity index (χ0n) is 18.2. The summed E-state index contributed by atoms with van der Waals surface area (Å²) in [5, 5.41) is 10.7. The van der Waals surface area contributed by atoms with Gasteiger partial charge in [-0.15, -0.1) is 0 Å². The predicted molar refractivity (Wildman–Crippen MR) is 123 cm³/mol. The van der Waals surface area contributed by atoms with Gasteiger partial charge in [-0.3, -0.25) is 0 Å². The number of phenols is 1. The van der Waals surface area contributed by atoms with E-state index in [1.54, 1.807) is 0 Å². The molecule has 0 radical (unpaired) electrons. The molecule has 0 aliphatic heterocycles. The average Bonchev–Trinajstić information content (AvgIpc) is 2.72. The van der Waals surface area contributed by atoms with Crippen LogP contribution in [0.1, 0.15) is 95.6 Å². The van der Waals surface area contributed by atoms with Crippen molar-refractivity contribution >= 4 is 0 Å². The average molecular weight is 381 g/mol. The molecule has 1 nitrogen and oxygen atoms in total. The van der Waals surface area contributed by atoms with Gasteiger partial charge in [0.15, 0.2) is 0 Å². The maximum absolute atomic E-state index is 10.7. The molecule has 0 spiro atoms. The monoisotopic (exact) mass is 380 g/mol. The third kappa shape index (κ3) is 7.34. The Morgan fingerprint density at radius 2 is 1.18 bits per heavy atom. The van der Waals surface area contributed by atoms with Crippen molar-refractivity contribution in [2.45, 2.75) is 97.3 Å². The van der Waals surface area contributed by atoms with Crippen LogP contribution in [0.2, 0.25) is 0 Å². The largest absolute Gasteiger partial charge is 0.507 e. The minimum absolute atomic E-state index is 0.431. The van der Waals surface area contributed by atoms with Gasteiger partial charge < -0.3 is 5.11 Å². The lowest BCUT2D eigenvalue weighted by Crippen LogP contribution is -2.00. The Hall–Kier alpha value is -1.76. The standard InChI is InChI=1S/C27H40O/c1-3-5-7-8-9-10-11-16-20-25-23(17-13-6-4-2)21-22-26(28)27(25)24-18-14-12-15-19-24/h12,14-15,18-19,21-22,28H,3-11,13,16-17,20H2,1-2H3. The van der Waals surface area contributed by atoms with Crippen LogP contribution in [0, 0.1) is 0 Å². The second kappa shape index (κ2) is 13.4. The van der Waals surface area contributed by atoms with Crippen molar-refractivity contribution in [3.63, 3.8) is 0 Å². The fraction of sp³-hybridized carbons (Fsp3) is 0.556. The Labute approximate surface area is 173 Å². The minimum atomic E-state index is 0.431. The van der Waals surface area contributed by atoms with E-state index in [0.717, 1.165) is 24.0 Å². The Bertz CT molecular complexity index is 659. The van der Waals surface area contributed by atoms with Gasteiger partial charge in [-0.05, 0) is 48.4 Å². The quantitative estimate of drug-likeness (QED) is 0.326. The molecule has 1 N–H and O–H groups in total. The van der Waals surface area contributed by atoms with Crippen LogP contribution < -0.4 is 0 Å². The molecule has 2 aromatic carbocycles. The van der Waals surface area contributed by atoms with Crippen LogP contribution in [0.3, 0.4) is 0 Å². The number of rotatable bonds is 14. The topological polar surface area (TPSA) is 20.2 Å². The van der Waals surface area contributed by atoms with Gasteiger partial charge >= 0.3 is 0 Å². The fourth-order valence-electron chi connectivity index (χ4n) is 4.13. The molecular weight excluding hydrogens is 340 g/mol. The van der Waals surface area contributed by atoms with Gasteiger partial charge in [-0.1, -0.05) is 108 Å². The molecule has 1 heteroatoms. The van der Waals surface area contributed by atoms with Gasteiger partial charge in [0, 0.05) is 5.56 Å². The molecule has 0 aliphatic carbocycles. The van der Waals surface area contributed by atoms with Crippen LogP contribution in [0.4, 0.5) is 0 Å². The van der Waals surface area contributed by atoms with Gasteiger partial charge in [0.1, 0.15) is 5.75 Å². The zero-order valence-corrected chi connectivity index (χ0v) is 18.2. The number of hydrogen-bond acceptors (Lipinski definition) is 1. The molecular formula is C27H40O. The summed E-state index contributed by atoms with van der Waals surface area (Å²) in [6, 6.07) is 14.5. The van der Waals surface area contributed by atoms with E-state index in [-0.39, 0.29) is 0 Å². The van der Waals surface area contributed by atoms with E-state index < -0.39 is 0 Å². The molecule has 0 bridgehead atoms. The molecule has 0 fully saturated rings. The molecule has 0 amide bonds. The second-order valence-electron chi connectivity index (χ2n) is 8.15. The van der Waals surface area contributed by atoms with Gasteiger partial charge in [0.05, 0.1) is 0 Å². The van der Waals surface area contributed by atoms with Gasteiger partial charge in [0.25, 0.3) is 0 Å². The molecule has 0 saturated heterocycles. The van der Waals surface area contributed by atoms with Crippen molar-refractivity contribution in [3.8, 4) is 16.9 Å². The van der Waals surface area contributed by atoms with E-state index in [0.29, 0.717) is 5.75 Å². The lowest BCUT2D eigenvalue weighted by molar-refractivity contribution is 0.476. The first-order valence-corrected chi connectivity index (χ1v) is 11.7. The predicted octanol–water partition coefficient (Wildman–Crippen LogP) is 8.48. The van der Waals surface area contributed by atoms with Crippen molar-refractivity contribution in [1.82, 2.24) is 0 Å². The van der Waals surface area contributed by atoms with Crippen LogP contribution in [-0.4, -0.2) is 5.11 Å².